The van der Waals surface area contributed by atoms with Crippen molar-refractivity contribution in [2.45, 2.75) is 25.8 Å². The molecule has 0 saturated heterocycles. The maximum Gasteiger partial charge on any atom is 0.320 e. The zero-order chi connectivity index (χ0) is 17.9. The fraction of sp³-hybridized carbons (Fsp3) is 0.294. The molecule has 2 rings (SSSR count). The van der Waals surface area contributed by atoms with Crippen molar-refractivity contribution in [2.75, 3.05) is 17.2 Å². The largest absolute Gasteiger partial charge is 0.338 e. The summed E-state index contributed by atoms with van der Waals surface area (Å²) in [6.07, 6.45) is 4.57. The number of rotatable bonds is 7. The molecule has 0 aliphatic rings. The topological polar surface area (TPSA) is 108 Å². The van der Waals surface area contributed by atoms with E-state index in [4.69, 9.17) is 0 Å². The molecule has 0 radical (unpaired) electrons. The van der Waals surface area contributed by atoms with Gasteiger partial charge in [0.05, 0.1) is 0 Å². The van der Waals surface area contributed by atoms with E-state index in [1.54, 1.807) is 48.8 Å². The summed E-state index contributed by atoms with van der Waals surface area (Å²) in [6.45, 7) is 2.40. The van der Waals surface area contributed by atoms with Crippen molar-refractivity contribution >= 4 is 23.7 Å². The van der Waals surface area contributed by atoms with Crippen LogP contribution in [0.15, 0.2) is 48.8 Å². The van der Waals surface area contributed by atoms with Gasteiger partial charge >= 0.3 is 12.1 Å². The predicted molar refractivity (Wildman–Crippen MR) is 96.3 cm³/mol. The lowest BCUT2D eigenvalue weighted by atomic mass is 10.1. The standard InChI is InChI=1S/C17H22N6O2/c1-2-13(21-17(25)23-15-8-4-6-11-19-15)9-12-20-16(24)22-14-7-3-5-10-18-14/h3-8,10-11,13H,2,9,12H2,1H3,(H2,18,20,22,24)(H2,19,21,23,25)/t13-/m0/s1. The summed E-state index contributed by atoms with van der Waals surface area (Å²) in [5, 5.41) is 10.9. The summed E-state index contributed by atoms with van der Waals surface area (Å²) in [5.74, 6) is 0.975. The minimum Gasteiger partial charge on any atom is -0.338 e. The fourth-order valence-electron chi connectivity index (χ4n) is 2.11. The van der Waals surface area contributed by atoms with E-state index in [1.807, 2.05) is 6.92 Å². The van der Waals surface area contributed by atoms with Gasteiger partial charge in [0.25, 0.3) is 0 Å². The van der Waals surface area contributed by atoms with Crippen LogP contribution in [-0.4, -0.2) is 34.6 Å². The molecule has 0 saturated carbocycles. The first-order chi connectivity index (χ1) is 12.2. The number of pyridine rings is 2. The van der Waals surface area contributed by atoms with Gasteiger partial charge in [-0.05, 0) is 37.1 Å². The highest BCUT2D eigenvalue weighted by Gasteiger charge is 2.11. The average molecular weight is 342 g/mol. The van der Waals surface area contributed by atoms with Crippen LogP contribution in [0.4, 0.5) is 21.2 Å². The van der Waals surface area contributed by atoms with Gasteiger partial charge in [0.15, 0.2) is 0 Å². The predicted octanol–water partition coefficient (Wildman–Crippen LogP) is 2.59. The second-order valence-electron chi connectivity index (χ2n) is 5.30. The molecular weight excluding hydrogens is 320 g/mol. The number of nitrogens with one attached hydrogen (secondary N) is 4. The maximum absolute atomic E-state index is 11.9. The molecule has 2 heterocycles. The number of carbonyl (C=O) groups excluding carboxylic acids is 2. The number of nitrogens with zero attached hydrogens (tertiary/aromatic N) is 2. The Morgan fingerprint density at radius 1 is 0.960 bits per heavy atom. The Bertz CT molecular complexity index is 665. The second kappa shape index (κ2) is 9.86. The first kappa shape index (κ1) is 18.2. The molecule has 2 aromatic rings. The van der Waals surface area contributed by atoms with Gasteiger partial charge in [-0.1, -0.05) is 19.1 Å². The minimum absolute atomic E-state index is 0.0566. The van der Waals surface area contributed by atoms with Crippen molar-refractivity contribution < 1.29 is 9.59 Å². The maximum atomic E-state index is 11.9. The van der Waals surface area contributed by atoms with E-state index in [9.17, 15) is 9.59 Å². The van der Waals surface area contributed by atoms with Gasteiger partial charge in [-0.25, -0.2) is 19.6 Å². The highest BCUT2D eigenvalue weighted by Crippen LogP contribution is 2.02. The molecule has 25 heavy (non-hydrogen) atoms. The van der Waals surface area contributed by atoms with Gasteiger partial charge in [0.2, 0.25) is 0 Å². The van der Waals surface area contributed by atoms with Crippen LogP contribution in [0, 0.1) is 0 Å². The summed E-state index contributed by atoms with van der Waals surface area (Å²) in [6, 6.07) is 9.86. The summed E-state index contributed by atoms with van der Waals surface area (Å²) >= 11 is 0. The lowest BCUT2D eigenvalue weighted by Crippen LogP contribution is -2.40. The van der Waals surface area contributed by atoms with Crippen molar-refractivity contribution in [3.63, 3.8) is 0 Å². The molecule has 4 amide bonds. The van der Waals surface area contributed by atoms with Crippen molar-refractivity contribution in [3.05, 3.63) is 48.8 Å². The Morgan fingerprint density at radius 3 is 2.08 bits per heavy atom. The molecule has 0 aliphatic carbocycles. The van der Waals surface area contributed by atoms with Crippen molar-refractivity contribution in [2.24, 2.45) is 0 Å². The molecule has 0 fully saturated rings. The number of aromatic nitrogens is 2. The third-order valence-corrected chi connectivity index (χ3v) is 3.42. The first-order valence-electron chi connectivity index (χ1n) is 8.12. The van der Waals surface area contributed by atoms with Crippen LogP contribution in [0.2, 0.25) is 0 Å². The van der Waals surface area contributed by atoms with Crippen LogP contribution in [0.3, 0.4) is 0 Å². The number of hydrogen-bond donors (Lipinski definition) is 4. The first-order valence-corrected chi connectivity index (χ1v) is 8.12. The van der Waals surface area contributed by atoms with Gasteiger partial charge in [-0.2, -0.15) is 0 Å². The highest BCUT2D eigenvalue weighted by atomic mass is 16.2. The Labute approximate surface area is 146 Å². The van der Waals surface area contributed by atoms with E-state index in [2.05, 4.69) is 31.2 Å². The molecule has 1 atom stereocenters. The van der Waals surface area contributed by atoms with E-state index >= 15 is 0 Å². The lowest BCUT2D eigenvalue weighted by Gasteiger charge is -2.17. The normalized spacial score (nSPS) is 11.2. The molecule has 8 heteroatoms. The van der Waals surface area contributed by atoms with Gasteiger partial charge in [-0.3, -0.25) is 10.6 Å². The zero-order valence-electron chi connectivity index (χ0n) is 14.0. The highest BCUT2D eigenvalue weighted by molar-refractivity contribution is 5.88. The van der Waals surface area contributed by atoms with Gasteiger partial charge in [0, 0.05) is 25.0 Å². The quantitative estimate of drug-likeness (QED) is 0.620. The molecule has 4 N–H and O–H groups in total. The molecule has 0 spiro atoms. The van der Waals surface area contributed by atoms with Crippen LogP contribution in [-0.2, 0) is 0 Å². The summed E-state index contributed by atoms with van der Waals surface area (Å²) in [7, 11) is 0. The number of hydrogen-bond acceptors (Lipinski definition) is 4. The second-order valence-corrected chi connectivity index (χ2v) is 5.30. The van der Waals surface area contributed by atoms with Crippen molar-refractivity contribution in [1.82, 2.24) is 20.6 Å². The van der Waals surface area contributed by atoms with E-state index < -0.39 is 0 Å². The SMILES string of the molecule is CC[C@@H](CCNC(=O)Nc1ccccn1)NC(=O)Nc1ccccn1. The monoisotopic (exact) mass is 342 g/mol. The molecule has 0 aliphatic heterocycles. The van der Waals surface area contributed by atoms with Crippen molar-refractivity contribution in [1.29, 1.82) is 0 Å². The van der Waals surface area contributed by atoms with Crippen LogP contribution in [0.25, 0.3) is 0 Å². The van der Waals surface area contributed by atoms with Gasteiger partial charge < -0.3 is 10.6 Å². The molecule has 0 aromatic carbocycles. The van der Waals surface area contributed by atoms with Crippen LogP contribution >= 0.6 is 0 Å². The minimum atomic E-state index is -0.327. The molecule has 8 nitrogen and oxygen atoms in total. The van der Waals surface area contributed by atoms with E-state index in [-0.39, 0.29) is 18.1 Å². The van der Waals surface area contributed by atoms with E-state index in [0.29, 0.717) is 24.6 Å². The number of urea groups is 2. The molecular formula is C17H22N6O2. The molecule has 0 unspecified atom stereocenters. The fourth-order valence-corrected chi connectivity index (χ4v) is 2.11. The zero-order valence-corrected chi connectivity index (χ0v) is 14.0. The van der Waals surface area contributed by atoms with Gasteiger partial charge in [0.1, 0.15) is 11.6 Å². The lowest BCUT2D eigenvalue weighted by molar-refractivity contribution is 0.246. The number of anilines is 2. The molecule has 2 aromatic heterocycles. The van der Waals surface area contributed by atoms with Crippen LogP contribution in [0.1, 0.15) is 19.8 Å². The number of carbonyl (C=O) groups is 2. The van der Waals surface area contributed by atoms with Crippen molar-refractivity contribution in [3.8, 4) is 0 Å². The Hall–Kier alpha value is -3.16. The Balaban J connectivity index is 1.69. The molecule has 132 valence electrons. The van der Waals surface area contributed by atoms with Crippen LogP contribution < -0.4 is 21.3 Å². The third-order valence-electron chi connectivity index (χ3n) is 3.42. The van der Waals surface area contributed by atoms with Gasteiger partial charge in [-0.15, -0.1) is 0 Å². The summed E-state index contributed by atoms with van der Waals surface area (Å²) in [5.41, 5.74) is 0. The average Bonchev–Trinajstić information content (AvgIpc) is 2.62. The van der Waals surface area contributed by atoms with Crippen LogP contribution in [0.5, 0.6) is 0 Å². The Morgan fingerprint density at radius 2 is 1.56 bits per heavy atom. The smallest absolute Gasteiger partial charge is 0.320 e. The third kappa shape index (κ3) is 6.86. The van der Waals surface area contributed by atoms with E-state index in [1.165, 1.54) is 0 Å². The summed E-state index contributed by atoms with van der Waals surface area (Å²) in [4.78, 5) is 31.8. The summed E-state index contributed by atoms with van der Waals surface area (Å²) < 4.78 is 0. The van der Waals surface area contributed by atoms with E-state index in [0.717, 1.165) is 6.42 Å². The Kier molecular flexibility index (Phi) is 7.17. The molecule has 0 bridgehead atoms. The number of amides is 4.